The van der Waals surface area contributed by atoms with Crippen molar-refractivity contribution >= 4 is 0 Å². The summed E-state index contributed by atoms with van der Waals surface area (Å²) in [6.45, 7) is 4.15. The fraction of sp³-hybridized carbons (Fsp3) is 0.448. The van der Waals surface area contributed by atoms with Gasteiger partial charge in [0.1, 0.15) is 18.0 Å². The van der Waals surface area contributed by atoms with Crippen molar-refractivity contribution < 1.29 is 18.6 Å². The number of aromatic nitrogens is 2. The second-order valence-electron chi connectivity index (χ2n) is 8.78. The molecule has 176 valence electrons. The van der Waals surface area contributed by atoms with E-state index in [0.29, 0.717) is 0 Å². The van der Waals surface area contributed by atoms with Gasteiger partial charge in [-0.15, -0.1) is 0 Å². The summed E-state index contributed by atoms with van der Waals surface area (Å²) in [6.07, 6.45) is 19.6. The van der Waals surface area contributed by atoms with Crippen molar-refractivity contribution in [1.29, 1.82) is 0 Å². The van der Waals surface area contributed by atoms with Crippen LogP contribution in [0.1, 0.15) is 63.9 Å². The van der Waals surface area contributed by atoms with Crippen LogP contribution >= 0.6 is 0 Å². The van der Waals surface area contributed by atoms with Crippen molar-refractivity contribution in [3.63, 3.8) is 0 Å². The third-order valence-electron chi connectivity index (χ3n) is 6.16. The van der Waals surface area contributed by atoms with Crippen molar-refractivity contribution in [2.75, 3.05) is 14.2 Å². The summed E-state index contributed by atoms with van der Waals surface area (Å²) in [5, 5.41) is 0. The number of ether oxygens (including phenoxy) is 2. The standard InChI is InChI=1S/C29H40N2O2/c1-4-5-6-7-8-9-10-11-16-30-17-12-26(13-18-30)27-14-19-31(20-15-27)24-25-21-28(32-2)23-29(22-25)33-3/h12-15,17-23H,4-11,16,24H2,1-3H3/q+2. The molecular formula is C29H40N2O2+2. The maximum absolute atomic E-state index is 5.38. The third kappa shape index (κ3) is 8.20. The second kappa shape index (κ2) is 13.6. The second-order valence-corrected chi connectivity index (χ2v) is 8.78. The van der Waals surface area contributed by atoms with Crippen LogP contribution in [0.15, 0.2) is 67.3 Å². The first kappa shape index (κ1) is 24.8. The Kier molecular flexibility index (Phi) is 10.2. The number of nitrogens with zero attached hydrogens (tertiary/aromatic N) is 2. The van der Waals surface area contributed by atoms with E-state index in [0.717, 1.165) is 30.2 Å². The van der Waals surface area contributed by atoms with E-state index in [2.05, 4.69) is 65.1 Å². The molecule has 0 saturated carbocycles. The minimum absolute atomic E-state index is 0.765. The molecule has 1 aromatic carbocycles. The molecule has 0 saturated heterocycles. The molecule has 0 amide bonds. The number of methoxy groups -OCH3 is 2. The molecule has 0 aliphatic carbocycles. The summed E-state index contributed by atoms with van der Waals surface area (Å²) in [7, 11) is 3.36. The lowest BCUT2D eigenvalue weighted by atomic mass is 10.1. The van der Waals surface area contributed by atoms with Gasteiger partial charge in [-0.05, 0) is 29.7 Å². The van der Waals surface area contributed by atoms with Crippen molar-refractivity contribution in [3.8, 4) is 22.6 Å². The van der Waals surface area contributed by atoms with Gasteiger partial charge in [0.05, 0.1) is 14.2 Å². The minimum atomic E-state index is 0.765. The van der Waals surface area contributed by atoms with Crippen LogP contribution in [0.25, 0.3) is 11.1 Å². The van der Waals surface area contributed by atoms with E-state index in [1.54, 1.807) is 14.2 Å². The summed E-state index contributed by atoms with van der Waals surface area (Å²) in [5.74, 6) is 1.62. The highest BCUT2D eigenvalue weighted by molar-refractivity contribution is 5.60. The molecule has 0 fully saturated rings. The number of benzene rings is 1. The Labute approximate surface area is 199 Å². The summed E-state index contributed by atoms with van der Waals surface area (Å²) >= 11 is 0. The maximum Gasteiger partial charge on any atom is 0.174 e. The molecule has 0 aliphatic heterocycles. The number of hydrogen-bond acceptors (Lipinski definition) is 2. The van der Waals surface area contributed by atoms with E-state index in [1.165, 1.54) is 62.5 Å². The Balaban J connectivity index is 1.49. The average molecular weight is 449 g/mol. The van der Waals surface area contributed by atoms with Crippen LogP contribution in [0, 0.1) is 0 Å². The van der Waals surface area contributed by atoms with Crippen molar-refractivity contribution in [1.82, 2.24) is 0 Å². The van der Waals surface area contributed by atoms with Gasteiger partial charge in [0.15, 0.2) is 31.3 Å². The van der Waals surface area contributed by atoms with E-state index < -0.39 is 0 Å². The lowest BCUT2D eigenvalue weighted by Crippen LogP contribution is -2.33. The number of pyridine rings is 2. The quantitative estimate of drug-likeness (QED) is 0.219. The zero-order valence-corrected chi connectivity index (χ0v) is 20.6. The molecule has 4 nitrogen and oxygen atoms in total. The average Bonchev–Trinajstić information content (AvgIpc) is 2.86. The number of aryl methyl sites for hydroxylation is 1. The molecule has 2 heterocycles. The zero-order valence-electron chi connectivity index (χ0n) is 20.6. The fourth-order valence-corrected chi connectivity index (χ4v) is 4.15. The van der Waals surface area contributed by atoms with Crippen LogP contribution in [-0.2, 0) is 13.1 Å². The normalized spacial score (nSPS) is 10.9. The topological polar surface area (TPSA) is 26.2 Å². The molecule has 0 spiro atoms. The molecule has 3 rings (SSSR count). The van der Waals surface area contributed by atoms with E-state index in [1.807, 2.05) is 18.2 Å². The predicted octanol–water partition coefficient (Wildman–Crippen LogP) is 6.13. The molecule has 3 aromatic rings. The Hall–Kier alpha value is -2.88. The first-order valence-corrected chi connectivity index (χ1v) is 12.4. The summed E-state index contributed by atoms with van der Waals surface area (Å²) in [5.41, 5.74) is 3.62. The maximum atomic E-state index is 5.38. The molecular weight excluding hydrogens is 408 g/mol. The van der Waals surface area contributed by atoms with E-state index in [-0.39, 0.29) is 0 Å². The van der Waals surface area contributed by atoms with Gasteiger partial charge in [-0.3, -0.25) is 0 Å². The Morgan fingerprint density at radius 3 is 1.61 bits per heavy atom. The first-order valence-electron chi connectivity index (χ1n) is 12.4. The molecule has 0 N–H and O–H groups in total. The fourth-order valence-electron chi connectivity index (χ4n) is 4.15. The molecule has 0 aliphatic rings. The van der Waals surface area contributed by atoms with E-state index >= 15 is 0 Å². The number of unbranched alkanes of at least 4 members (excludes halogenated alkanes) is 7. The largest absolute Gasteiger partial charge is 0.497 e. The molecule has 0 bridgehead atoms. The van der Waals surface area contributed by atoms with Gasteiger partial charge in [-0.1, -0.05) is 45.4 Å². The lowest BCUT2D eigenvalue weighted by molar-refractivity contribution is -0.697. The summed E-state index contributed by atoms with van der Waals surface area (Å²) in [4.78, 5) is 0. The van der Waals surface area contributed by atoms with E-state index in [9.17, 15) is 0 Å². The van der Waals surface area contributed by atoms with Gasteiger partial charge in [-0.2, -0.15) is 0 Å². The summed E-state index contributed by atoms with van der Waals surface area (Å²) in [6, 6.07) is 14.8. The molecule has 0 atom stereocenters. The van der Waals surface area contributed by atoms with Crippen LogP contribution in [0.2, 0.25) is 0 Å². The van der Waals surface area contributed by atoms with E-state index in [4.69, 9.17) is 9.47 Å². The number of rotatable bonds is 14. The molecule has 0 unspecified atom stereocenters. The monoisotopic (exact) mass is 448 g/mol. The zero-order chi connectivity index (χ0) is 23.3. The Morgan fingerprint density at radius 1 is 0.606 bits per heavy atom. The smallest absolute Gasteiger partial charge is 0.174 e. The van der Waals surface area contributed by atoms with Crippen molar-refractivity contribution in [2.45, 2.75) is 71.4 Å². The van der Waals surface area contributed by atoms with Crippen LogP contribution in [0.3, 0.4) is 0 Å². The SMILES string of the molecule is CCCCCCCCCC[n+]1ccc(-c2cc[n+](Cc3cc(OC)cc(OC)c3)cc2)cc1. The van der Waals surface area contributed by atoms with Crippen LogP contribution in [-0.4, -0.2) is 14.2 Å². The predicted molar refractivity (Wildman–Crippen MR) is 134 cm³/mol. The van der Waals surface area contributed by atoms with Gasteiger partial charge < -0.3 is 9.47 Å². The highest BCUT2D eigenvalue weighted by Gasteiger charge is 2.09. The van der Waals surface area contributed by atoms with Gasteiger partial charge in [0, 0.05) is 42.3 Å². The van der Waals surface area contributed by atoms with Crippen LogP contribution in [0.4, 0.5) is 0 Å². The highest BCUT2D eigenvalue weighted by Crippen LogP contribution is 2.22. The molecule has 2 aromatic heterocycles. The van der Waals surface area contributed by atoms with Crippen LogP contribution < -0.4 is 18.6 Å². The lowest BCUT2D eigenvalue weighted by Gasteiger charge is -2.07. The van der Waals surface area contributed by atoms with Gasteiger partial charge in [0.2, 0.25) is 0 Å². The summed E-state index contributed by atoms with van der Waals surface area (Å²) < 4.78 is 15.2. The number of hydrogen-bond donors (Lipinski definition) is 0. The first-order chi connectivity index (χ1) is 16.2. The van der Waals surface area contributed by atoms with Crippen molar-refractivity contribution in [3.05, 3.63) is 72.8 Å². The Morgan fingerprint density at radius 2 is 1.09 bits per heavy atom. The third-order valence-corrected chi connectivity index (χ3v) is 6.16. The van der Waals surface area contributed by atoms with Gasteiger partial charge in [0.25, 0.3) is 0 Å². The van der Waals surface area contributed by atoms with Gasteiger partial charge in [-0.25, -0.2) is 9.13 Å². The minimum Gasteiger partial charge on any atom is -0.497 e. The molecule has 33 heavy (non-hydrogen) atoms. The highest BCUT2D eigenvalue weighted by atomic mass is 16.5. The van der Waals surface area contributed by atoms with Gasteiger partial charge >= 0.3 is 0 Å². The Bertz CT molecular complexity index is 930. The molecule has 4 heteroatoms. The van der Waals surface area contributed by atoms with Crippen molar-refractivity contribution in [2.24, 2.45) is 0 Å². The van der Waals surface area contributed by atoms with Crippen LogP contribution in [0.5, 0.6) is 11.5 Å². The molecule has 0 radical (unpaired) electrons.